The van der Waals surface area contributed by atoms with Gasteiger partial charge in [0.05, 0.1) is 5.56 Å². The van der Waals surface area contributed by atoms with Crippen LogP contribution >= 0.6 is 0 Å². The zero-order chi connectivity index (χ0) is 16.7. The van der Waals surface area contributed by atoms with Crippen molar-refractivity contribution in [2.75, 3.05) is 0 Å². The summed E-state index contributed by atoms with van der Waals surface area (Å²) in [5.74, 6) is -1.07. The van der Waals surface area contributed by atoms with Crippen molar-refractivity contribution in [1.82, 2.24) is 4.57 Å². The summed E-state index contributed by atoms with van der Waals surface area (Å²) in [6, 6.07) is 13.9. The number of carbonyl (C=O) groups excluding carboxylic acids is 1. The van der Waals surface area contributed by atoms with Gasteiger partial charge in [0.15, 0.2) is 5.70 Å². The van der Waals surface area contributed by atoms with E-state index in [0.29, 0.717) is 0 Å². The van der Waals surface area contributed by atoms with Crippen LogP contribution in [-0.4, -0.2) is 16.4 Å². The highest BCUT2D eigenvalue weighted by Gasteiger charge is 2.26. The van der Waals surface area contributed by atoms with Crippen LogP contribution in [0.25, 0.3) is 17.0 Å². The first-order valence-corrected chi connectivity index (χ1v) is 7.45. The number of rotatable bonds is 2. The second kappa shape index (κ2) is 5.45. The Kier molecular flexibility index (Phi) is 3.27. The number of nitrogens with zero attached hydrogens (tertiary/aromatic N) is 2. The lowest BCUT2D eigenvalue weighted by atomic mass is 10.1. The topological polar surface area (TPSA) is 43.6 Å². The molecule has 118 valence electrons. The van der Waals surface area contributed by atoms with E-state index in [9.17, 15) is 9.18 Å². The molecule has 2 heterocycles. The monoisotopic (exact) mass is 320 g/mol. The van der Waals surface area contributed by atoms with E-state index in [1.165, 1.54) is 12.1 Å². The van der Waals surface area contributed by atoms with Gasteiger partial charge < -0.3 is 9.30 Å². The van der Waals surface area contributed by atoms with Gasteiger partial charge in [-0.3, -0.25) is 0 Å². The van der Waals surface area contributed by atoms with E-state index in [0.717, 1.165) is 16.5 Å². The van der Waals surface area contributed by atoms with Crippen molar-refractivity contribution >= 4 is 28.8 Å². The smallest absolute Gasteiger partial charge is 0.363 e. The summed E-state index contributed by atoms with van der Waals surface area (Å²) in [5, 5.41) is 1.01. The molecule has 24 heavy (non-hydrogen) atoms. The maximum Gasteiger partial charge on any atom is 0.363 e. The summed E-state index contributed by atoms with van der Waals surface area (Å²) in [7, 11) is 1.94. The molecule has 0 N–H and O–H groups in total. The Labute approximate surface area is 137 Å². The molecule has 1 aliphatic rings. The van der Waals surface area contributed by atoms with Crippen molar-refractivity contribution in [2.45, 2.75) is 0 Å². The average Bonchev–Trinajstić information content (AvgIpc) is 3.10. The number of aryl methyl sites for hydroxylation is 1. The van der Waals surface area contributed by atoms with Crippen molar-refractivity contribution in [3.05, 3.63) is 77.4 Å². The Balaban J connectivity index is 1.80. The van der Waals surface area contributed by atoms with Crippen LogP contribution in [0.1, 0.15) is 11.1 Å². The van der Waals surface area contributed by atoms with Crippen LogP contribution in [0.3, 0.4) is 0 Å². The van der Waals surface area contributed by atoms with Crippen LogP contribution in [0.5, 0.6) is 0 Å². The lowest BCUT2D eigenvalue weighted by molar-refractivity contribution is -0.129. The largest absolute Gasteiger partial charge is 0.402 e. The van der Waals surface area contributed by atoms with Crippen LogP contribution < -0.4 is 0 Å². The Morgan fingerprint density at radius 1 is 1.12 bits per heavy atom. The summed E-state index contributed by atoms with van der Waals surface area (Å²) < 4.78 is 20.9. The number of ether oxygens (including phenoxy) is 1. The van der Waals surface area contributed by atoms with Gasteiger partial charge in [0.1, 0.15) is 5.82 Å². The van der Waals surface area contributed by atoms with Crippen molar-refractivity contribution in [3.63, 3.8) is 0 Å². The zero-order valence-corrected chi connectivity index (χ0v) is 12.9. The molecule has 0 saturated carbocycles. The first-order chi connectivity index (χ1) is 11.6. The number of fused-ring (bicyclic) bond motifs is 1. The normalized spacial score (nSPS) is 15.8. The maximum atomic E-state index is 13.8. The van der Waals surface area contributed by atoms with Gasteiger partial charge in [0.2, 0.25) is 5.90 Å². The number of aromatic nitrogens is 1. The van der Waals surface area contributed by atoms with Gasteiger partial charge in [-0.15, -0.1) is 0 Å². The molecule has 0 spiro atoms. The minimum atomic E-state index is -0.582. The lowest BCUT2D eigenvalue weighted by Crippen LogP contribution is -2.07. The molecular formula is C19H13FN2O2. The quantitative estimate of drug-likeness (QED) is 0.534. The highest BCUT2D eigenvalue weighted by molar-refractivity contribution is 6.13. The van der Waals surface area contributed by atoms with E-state index in [-0.39, 0.29) is 17.2 Å². The summed E-state index contributed by atoms with van der Waals surface area (Å²) >= 11 is 0. The van der Waals surface area contributed by atoms with E-state index in [1.807, 2.05) is 42.1 Å². The van der Waals surface area contributed by atoms with Gasteiger partial charge in [0.25, 0.3) is 0 Å². The second-order valence-electron chi connectivity index (χ2n) is 5.53. The van der Waals surface area contributed by atoms with E-state index in [4.69, 9.17) is 4.74 Å². The highest BCUT2D eigenvalue weighted by atomic mass is 19.1. The number of carbonyl (C=O) groups is 1. The lowest BCUT2D eigenvalue weighted by Gasteiger charge is -1.99. The van der Waals surface area contributed by atoms with Gasteiger partial charge >= 0.3 is 5.97 Å². The Bertz CT molecular complexity index is 1030. The maximum absolute atomic E-state index is 13.8. The molecule has 5 heteroatoms. The molecule has 0 radical (unpaired) electrons. The minimum absolute atomic E-state index is 0.00964. The third-order valence-corrected chi connectivity index (χ3v) is 3.94. The fourth-order valence-electron chi connectivity index (χ4n) is 2.79. The molecule has 0 atom stereocenters. The number of hydrogen-bond acceptors (Lipinski definition) is 3. The molecule has 1 aliphatic heterocycles. The average molecular weight is 320 g/mol. The summed E-state index contributed by atoms with van der Waals surface area (Å²) in [6.07, 6.45) is 3.58. The number of esters is 1. The molecule has 0 fully saturated rings. The zero-order valence-electron chi connectivity index (χ0n) is 12.9. The van der Waals surface area contributed by atoms with Crippen LogP contribution in [-0.2, 0) is 16.6 Å². The molecule has 3 aromatic rings. The fraction of sp³-hybridized carbons (Fsp3) is 0.0526. The molecule has 0 unspecified atom stereocenters. The predicted molar refractivity (Wildman–Crippen MR) is 89.9 cm³/mol. The van der Waals surface area contributed by atoms with Crippen LogP contribution in [0.15, 0.2) is 65.4 Å². The molecule has 0 amide bonds. The SMILES string of the molecule is Cn1cc(C=C2N=C(c3ccccc3F)OC2=O)c2ccccc21. The first kappa shape index (κ1) is 14.4. The van der Waals surface area contributed by atoms with Crippen molar-refractivity contribution in [2.24, 2.45) is 12.0 Å². The molecule has 4 rings (SSSR count). The Morgan fingerprint density at radius 2 is 1.88 bits per heavy atom. The van der Waals surface area contributed by atoms with E-state index >= 15 is 0 Å². The van der Waals surface area contributed by atoms with E-state index < -0.39 is 11.8 Å². The first-order valence-electron chi connectivity index (χ1n) is 7.45. The molecular weight excluding hydrogens is 307 g/mol. The third-order valence-electron chi connectivity index (χ3n) is 3.94. The number of para-hydroxylation sites is 1. The van der Waals surface area contributed by atoms with Crippen LogP contribution in [0, 0.1) is 5.82 Å². The molecule has 4 nitrogen and oxygen atoms in total. The molecule has 0 saturated heterocycles. The molecule has 2 aromatic carbocycles. The van der Waals surface area contributed by atoms with Gasteiger partial charge in [-0.05, 0) is 24.3 Å². The standard InChI is InChI=1S/C19H13FN2O2/c1-22-11-12(13-6-3-5-9-17(13)22)10-16-19(23)24-18(21-16)14-7-2-4-8-15(14)20/h2-11H,1H3. The fourth-order valence-corrected chi connectivity index (χ4v) is 2.79. The van der Waals surface area contributed by atoms with Gasteiger partial charge in [0, 0.05) is 29.7 Å². The number of hydrogen-bond donors (Lipinski definition) is 0. The van der Waals surface area contributed by atoms with Crippen LogP contribution in [0.4, 0.5) is 4.39 Å². The second-order valence-corrected chi connectivity index (χ2v) is 5.53. The van der Waals surface area contributed by atoms with E-state index in [1.54, 1.807) is 18.2 Å². The Hall–Kier alpha value is -3.21. The number of aliphatic imine (C=N–C) groups is 1. The number of cyclic esters (lactones) is 1. The number of benzene rings is 2. The van der Waals surface area contributed by atoms with Gasteiger partial charge in [-0.2, -0.15) is 0 Å². The highest BCUT2D eigenvalue weighted by Crippen LogP contribution is 2.25. The molecule has 1 aromatic heterocycles. The van der Waals surface area contributed by atoms with Crippen molar-refractivity contribution in [3.8, 4) is 0 Å². The molecule has 0 bridgehead atoms. The van der Waals surface area contributed by atoms with Gasteiger partial charge in [-0.1, -0.05) is 30.3 Å². The summed E-state index contributed by atoms with van der Waals surface area (Å²) in [6.45, 7) is 0. The molecule has 0 aliphatic carbocycles. The predicted octanol–water partition coefficient (Wildman–Crippen LogP) is 3.66. The van der Waals surface area contributed by atoms with Crippen LogP contribution in [0.2, 0.25) is 0 Å². The van der Waals surface area contributed by atoms with Gasteiger partial charge in [-0.25, -0.2) is 14.2 Å². The number of halogens is 1. The van der Waals surface area contributed by atoms with Crippen molar-refractivity contribution < 1.29 is 13.9 Å². The minimum Gasteiger partial charge on any atom is -0.402 e. The summed E-state index contributed by atoms with van der Waals surface area (Å²) in [5.41, 5.74) is 2.24. The van der Waals surface area contributed by atoms with E-state index in [2.05, 4.69) is 4.99 Å². The third kappa shape index (κ3) is 2.31. The van der Waals surface area contributed by atoms with Crippen molar-refractivity contribution in [1.29, 1.82) is 0 Å². The Morgan fingerprint density at radius 3 is 2.71 bits per heavy atom. The summed E-state index contributed by atoms with van der Waals surface area (Å²) in [4.78, 5) is 16.3.